The average Bonchev–Trinajstić information content (AvgIpc) is 2.63. The molecule has 2 nitrogen and oxygen atoms in total. The molecule has 1 N–H and O–H groups in total. The second kappa shape index (κ2) is 11.9. The summed E-state index contributed by atoms with van der Waals surface area (Å²) < 4.78 is 0. The third-order valence-electron chi connectivity index (χ3n) is 4.83. The predicted octanol–water partition coefficient (Wildman–Crippen LogP) is 5.95. The first-order chi connectivity index (χ1) is 11.2. The quantitative estimate of drug-likeness (QED) is 0.382. The third kappa shape index (κ3) is 7.49. The molecule has 0 aliphatic heterocycles. The summed E-state index contributed by atoms with van der Waals surface area (Å²) in [4.78, 5) is 9.06. The Morgan fingerprint density at radius 2 is 1.74 bits per heavy atom. The molecule has 1 saturated carbocycles. The number of benzene rings is 1. The van der Waals surface area contributed by atoms with E-state index in [1.807, 2.05) is 7.05 Å². The Kier molecular flexibility index (Phi) is 10.1. The standard InChI is InChI=1S/C18H29N.C3H4O/c1-3-4-5-6-15-7-9-16(10-8-15)17-11-13-18(19-2)14-12-17;1-2-3-4/h11-16,19H,3-10H2,1-2H3;2-3H,1H2. The van der Waals surface area contributed by atoms with Gasteiger partial charge >= 0.3 is 0 Å². The summed E-state index contributed by atoms with van der Waals surface area (Å²) in [7, 11) is 1.98. The maximum atomic E-state index is 9.06. The molecule has 1 aromatic carbocycles. The van der Waals surface area contributed by atoms with Crippen molar-refractivity contribution in [3.05, 3.63) is 42.5 Å². The van der Waals surface area contributed by atoms with Crippen molar-refractivity contribution in [2.45, 2.75) is 64.2 Å². The number of allylic oxidation sites excluding steroid dienone is 1. The molecule has 0 bridgehead atoms. The number of nitrogens with one attached hydrogen (secondary N) is 1. The molecule has 1 aliphatic rings. The van der Waals surface area contributed by atoms with Crippen LogP contribution in [-0.2, 0) is 4.79 Å². The van der Waals surface area contributed by atoms with Crippen LogP contribution in [0.1, 0.15) is 69.8 Å². The Morgan fingerprint density at radius 3 is 2.22 bits per heavy atom. The highest BCUT2D eigenvalue weighted by atomic mass is 16.1. The van der Waals surface area contributed by atoms with Gasteiger partial charge in [0.2, 0.25) is 0 Å². The van der Waals surface area contributed by atoms with Gasteiger partial charge in [-0.05, 0) is 61.3 Å². The predicted molar refractivity (Wildman–Crippen MR) is 101 cm³/mol. The minimum atomic E-state index is 0.639. The van der Waals surface area contributed by atoms with E-state index in [-0.39, 0.29) is 0 Å². The highest BCUT2D eigenvalue weighted by molar-refractivity contribution is 5.63. The summed E-state index contributed by atoms with van der Waals surface area (Å²) in [5.41, 5.74) is 2.77. The van der Waals surface area contributed by atoms with Crippen molar-refractivity contribution in [1.29, 1.82) is 0 Å². The smallest absolute Gasteiger partial charge is 0.142 e. The lowest BCUT2D eigenvalue weighted by molar-refractivity contribution is -0.104. The molecule has 0 saturated heterocycles. The highest BCUT2D eigenvalue weighted by Gasteiger charge is 2.21. The molecule has 0 amide bonds. The second-order valence-electron chi connectivity index (χ2n) is 6.46. The van der Waals surface area contributed by atoms with Crippen molar-refractivity contribution in [2.75, 3.05) is 12.4 Å². The molecule has 2 rings (SSSR count). The fourth-order valence-corrected chi connectivity index (χ4v) is 3.39. The summed E-state index contributed by atoms with van der Waals surface area (Å²) in [6, 6.07) is 9.05. The van der Waals surface area contributed by atoms with Crippen LogP contribution in [0.4, 0.5) is 5.69 Å². The van der Waals surface area contributed by atoms with Crippen molar-refractivity contribution < 1.29 is 4.79 Å². The van der Waals surface area contributed by atoms with E-state index in [4.69, 9.17) is 4.79 Å². The third-order valence-corrected chi connectivity index (χ3v) is 4.83. The van der Waals surface area contributed by atoms with Gasteiger partial charge in [0.1, 0.15) is 6.29 Å². The van der Waals surface area contributed by atoms with E-state index < -0.39 is 0 Å². The Balaban J connectivity index is 0.000000593. The number of carbonyl (C=O) groups excluding carboxylic acids is 1. The molecular weight excluding hydrogens is 282 g/mol. The van der Waals surface area contributed by atoms with Crippen LogP contribution in [0, 0.1) is 5.92 Å². The summed E-state index contributed by atoms with van der Waals surface area (Å²) >= 11 is 0. The van der Waals surface area contributed by atoms with Gasteiger partial charge in [0.25, 0.3) is 0 Å². The molecule has 0 atom stereocenters. The van der Waals surface area contributed by atoms with E-state index in [1.165, 1.54) is 63.1 Å². The maximum Gasteiger partial charge on any atom is 0.142 e. The maximum absolute atomic E-state index is 9.06. The number of hydrogen-bond donors (Lipinski definition) is 1. The van der Waals surface area contributed by atoms with E-state index in [0.717, 1.165) is 11.8 Å². The number of hydrogen-bond acceptors (Lipinski definition) is 2. The largest absolute Gasteiger partial charge is 0.388 e. The zero-order chi connectivity index (χ0) is 16.9. The lowest BCUT2D eigenvalue weighted by atomic mass is 9.77. The van der Waals surface area contributed by atoms with E-state index in [0.29, 0.717) is 6.29 Å². The van der Waals surface area contributed by atoms with Gasteiger partial charge in [-0.3, -0.25) is 4.79 Å². The molecule has 0 radical (unpaired) electrons. The van der Waals surface area contributed by atoms with Crippen molar-refractivity contribution in [1.82, 2.24) is 0 Å². The van der Waals surface area contributed by atoms with Gasteiger partial charge in [-0.2, -0.15) is 0 Å². The average molecular weight is 316 g/mol. The molecule has 0 spiro atoms. The molecule has 1 aromatic rings. The molecule has 0 unspecified atom stereocenters. The van der Waals surface area contributed by atoms with Crippen LogP contribution in [0.3, 0.4) is 0 Å². The first-order valence-electron chi connectivity index (χ1n) is 9.09. The number of anilines is 1. The lowest BCUT2D eigenvalue weighted by Crippen LogP contribution is -2.13. The van der Waals surface area contributed by atoms with Gasteiger partial charge in [0.05, 0.1) is 0 Å². The minimum Gasteiger partial charge on any atom is -0.388 e. The SMILES string of the molecule is C=CC=O.CCCCCC1CCC(c2ccc(NC)cc2)CC1. The van der Waals surface area contributed by atoms with Crippen LogP contribution < -0.4 is 5.32 Å². The Labute approximate surface area is 142 Å². The summed E-state index contributed by atoms with van der Waals surface area (Å²) in [5.74, 6) is 1.83. The zero-order valence-electron chi connectivity index (χ0n) is 14.9. The van der Waals surface area contributed by atoms with E-state index >= 15 is 0 Å². The fourth-order valence-electron chi connectivity index (χ4n) is 3.39. The summed E-state index contributed by atoms with van der Waals surface area (Å²) in [6.07, 6.45) is 13.2. The number of carbonyl (C=O) groups is 1. The van der Waals surface area contributed by atoms with Crippen molar-refractivity contribution in [3.8, 4) is 0 Å². The van der Waals surface area contributed by atoms with Crippen molar-refractivity contribution in [2.24, 2.45) is 5.92 Å². The Hall–Kier alpha value is -1.57. The Morgan fingerprint density at radius 1 is 1.13 bits per heavy atom. The minimum absolute atomic E-state index is 0.639. The summed E-state index contributed by atoms with van der Waals surface area (Å²) in [6.45, 7) is 5.41. The zero-order valence-corrected chi connectivity index (χ0v) is 14.9. The Bertz CT molecular complexity index is 424. The normalized spacial score (nSPS) is 20.1. The van der Waals surface area contributed by atoms with Crippen LogP contribution in [-0.4, -0.2) is 13.3 Å². The van der Waals surface area contributed by atoms with Crippen LogP contribution in [0.15, 0.2) is 36.9 Å². The number of rotatable bonds is 7. The van der Waals surface area contributed by atoms with Gasteiger partial charge in [-0.15, -0.1) is 0 Å². The molecule has 23 heavy (non-hydrogen) atoms. The molecular formula is C21H33NO. The lowest BCUT2D eigenvalue weighted by Gasteiger charge is -2.29. The van der Waals surface area contributed by atoms with E-state index in [2.05, 4.69) is 43.1 Å². The van der Waals surface area contributed by atoms with Gasteiger partial charge < -0.3 is 5.32 Å². The molecule has 0 heterocycles. The van der Waals surface area contributed by atoms with Crippen molar-refractivity contribution >= 4 is 12.0 Å². The van der Waals surface area contributed by atoms with E-state index in [9.17, 15) is 0 Å². The number of aldehydes is 1. The van der Waals surface area contributed by atoms with Crippen LogP contribution in [0.5, 0.6) is 0 Å². The van der Waals surface area contributed by atoms with Crippen LogP contribution >= 0.6 is 0 Å². The number of unbranched alkanes of at least 4 members (excludes halogenated alkanes) is 2. The first kappa shape index (κ1) is 19.5. The molecule has 1 fully saturated rings. The molecule has 1 aliphatic carbocycles. The summed E-state index contributed by atoms with van der Waals surface area (Å²) in [5, 5.41) is 3.19. The molecule has 128 valence electrons. The highest BCUT2D eigenvalue weighted by Crippen LogP contribution is 2.37. The van der Waals surface area contributed by atoms with Gasteiger partial charge in [0, 0.05) is 12.7 Å². The van der Waals surface area contributed by atoms with Crippen LogP contribution in [0.25, 0.3) is 0 Å². The topological polar surface area (TPSA) is 29.1 Å². The molecule has 0 aromatic heterocycles. The van der Waals surface area contributed by atoms with E-state index in [1.54, 1.807) is 5.56 Å². The van der Waals surface area contributed by atoms with Gasteiger partial charge in [-0.1, -0.05) is 51.3 Å². The first-order valence-corrected chi connectivity index (χ1v) is 9.09. The molecule has 2 heteroatoms. The van der Waals surface area contributed by atoms with Crippen molar-refractivity contribution in [3.63, 3.8) is 0 Å². The van der Waals surface area contributed by atoms with Gasteiger partial charge in [-0.25, -0.2) is 0 Å². The van der Waals surface area contributed by atoms with Gasteiger partial charge in [0.15, 0.2) is 0 Å². The van der Waals surface area contributed by atoms with Crippen LogP contribution in [0.2, 0.25) is 0 Å². The monoisotopic (exact) mass is 315 g/mol. The second-order valence-corrected chi connectivity index (χ2v) is 6.46. The fraction of sp³-hybridized carbons (Fsp3) is 0.571.